The van der Waals surface area contributed by atoms with Gasteiger partial charge in [0.25, 0.3) is 0 Å². The van der Waals surface area contributed by atoms with Crippen molar-refractivity contribution in [1.29, 1.82) is 0 Å². The molecule has 1 N–H and O–H groups in total. The Hall–Kier alpha value is -0.130. The summed E-state index contributed by atoms with van der Waals surface area (Å²) in [6, 6.07) is 0.463. The minimum absolute atomic E-state index is 0.356. The van der Waals surface area contributed by atoms with E-state index >= 15 is 0 Å². The van der Waals surface area contributed by atoms with Crippen molar-refractivity contribution in [3.63, 3.8) is 0 Å². The van der Waals surface area contributed by atoms with E-state index in [1.54, 1.807) is 0 Å². The molecule has 4 nitrogen and oxygen atoms in total. The Bertz CT molecular complexity index is 388. The average Bonchev–Trinajstić information content (AvgIpc) is 2.76. The molecule has 0 spiro atoms. The fraction of sp³-hybridized carbons (Fsp3) is 1.00. The van der Waals surface area contributed by atoms with Gasteiger partial charge in [0.05, 0.1) is 11.5 Å². The minimum Gasteiger partial charge on any atom is -0.381 e. The Balaban J connectivity index is 1.92. The predicted octanol–water partition coefficient (Wildman–Crippen LogP) is 1.85. The summed E-state index contributed by atoms with van der Waals surface area (Å²) in [6.45, 7) is 7.00. The SMILES string of the molecule is CC(C)NCC(CC1CCOCC1)C1CCS(=O)(=O)C1. The van der Waals surface area contributed by atoms with Crippen molar-refractivity contribution >= 4 is 9.84 Å². The van der Waals surface area contributed by atoms with Crippen LogP contribution in [0.15, 0.2) is 0 Å². The summed E-state index contributed by atoms with van der Waals surface area (Å²) in [5.41, 5.74) is 0. The Morgan fingerprint density at radius 2 is 1.90 bits per heavy atom. The van der Waals surface area contributed by atoms with E-state index < -0.39 is 9.84 Å². The Morgan fingerprint density at radius 3 is 2.45 bits per heavy atom. The summed E-state index contributed by atoms with van der Waals surface area (Å²) in [5.74, 6) is 2.36. The molecule has 5 heteroatoms. The van der Waals surface area contributed by atoms with Crippen LogP contribution in [0.1, 0.15) is 39.5 Å². The second kappa shape index (κ2) is 7.23. The van der Waals surface area contributed by atoms with Gasteiger partial charge >= 0.3 is 0 Å². The van der Waals surface area contributed by atoms with Gasteiger partial charge in [-0.25, -0.2) is 8.42 Å². The van der Waals surface area contributed by atoms with Gasteiger partial charge < -0.3 is 10.1 Å². The van der Waals surface area contributed by atoms with Gasteiger partial charge in [-0.2, -0.15) is 0 Å². The number of rotatable bonds is 6. The molecule has 2 aliphatic heterocycles. The van der Waals surface area contributed by atoms with Crippen LogP contribution in [0, 0.1) is 17.8 Å². The van der Waals surface area contributed by atoms with Gasteiger partial charge in [0.1, 0.15) is 0 Å². The van der Waals surface area contributed by atoms with E-state index in [1.165, 1.54) is 0 Å². The van der Waals surface area contributed by atoms with Crippen LogP contribution in [-0.2, 0) is 14.6 Å². The highest BCUT2D eigenvalue weighted by atomic mass is 32.2. The fourth-order valence-corrected chi connectivity index (χ4v) is 5.36. The maximum absolute atomic E-state index is 11.7. The molecule has 2 unspecified atom stereocenters. The van der Waals surface area contributed by atoms with Crippen molar-refractivity contribution in [2.45, 2.75) is 45.6 Å². The molecular weight excluding hydrogens is 274 g/mol. The summed E-state index contributed by atoms with van der Waals surface area (Å²) in [4.78, 5) is 0. The molecule has 0 bridgehead atoms. The minimum atomic E-state index is -2.77. The van der Waals surface area contributed by atoms with Gasteiger partial charge in [-0.05, 0) is 50.0 Å². The number of sulfone groups is 1. The summed E-state index contributed by atoms with van der Waals surface area (Å²) in [6.07, 6.45) is 4.29. The summed E-state index contributed by atoms with van der Waals surface area (Å²) >= 11 is 0. The number of hydrogen-bond donors (Lipinski definition) is 1. The van der Waals surface area contributed by atoms with E-state index in [-0.39, 0.29) is 0 Å². The molecule has 0 aromatic heterocycles. The lowest BCUT2D eigenvalue weighted by molar-refractivity contribution is 0.0552. The van der Waals surface area contributed by atoms with Crippen molar-refractivity contribution in [2.75, 3.05) is 31.3 Å². The quantitative estimate of drug-likeness (QED) is 0.813. The van der Waals surface area contributed by atoms with Crippen molar-refractivity contribution < 1.29 is 13.2 Å². The number of ether oxygens (including phenoxy) is 1. The van der Waals surface area contributed by atoms with Gasteiger partial charge in [0.2, 0.25) is 0 Å². The van der Waals surface area contributed by atoms with E-state index in [2.05, 4.69) is 19.2 Å². The van der Waals surface area contributed by atoms with Crippen LogP contribution in [0.4, 0.5) is 0 Å². The maximum Gasteiger partial charge on any atom is 0.150 e. The molecule has 2 rings (SSSR count). The topological polar surface area (TPSA) is 55.4 Å². The first-order chi connectivity index (χ1) is 9.46. The van der Waals surface area contributed by atoms with Gasteiger partial charge in [0.15, 0.2) is 9.84 Å². The molecule has 118 valence electrons. The Kier molecular flexibility index (Phi) is 5.87. The number of hydrogen-bond acceptors (Lipinski definition) is 4. The molecule has 2 heterocycles. The molecule has 0 amide bonds. The number of nitrogens with one attached hydrogen (secondary N) is 1. The molecule has 0 aliphatic carbocycles. The normalized spacial score (nSPS) is 28.9. The van der Waals surface area contributed by atoms with E-state index in [4.69, 9.17) is 4.74 Å². The molecule has 0 aromatic rings. The summed E-state index contributed by atoms with van der Waals surface area (Å²) in [7, 11) is -2.77. The molecule has 2 fully saturated rings. The van der Waals surface area contributed by atoms with Crippen LogP contribution in [0.5, 0.6) is 0 Å². The third kappa shape index (κ3) is 5.01. The van der Waals surface area contributed by atoms with E-state index in [9.17, 15) is 8.42 Å². The highest BCUT2D eigenvalue weighted by molar-refractivity contribution is 7.91. The lowest BCUT2D eigenvalue weighted by Crippen LogP contribution is -2.35. The van der Waals surface area contributed by atoms with Crippen LogP contribution in [-0.4, -0.2) is 45.7 Å². The smallest absolute Gasteiger partial charge is 0.150 e. The first-order valence-corrected chi connectivity index (χ1v) is 9.80. The highest BCUT2D eigenvalue weighted by Gasteiger charge is 2.34. The standard InChI is InChI=1S/C15H29NO3S/c1-12(2)16-10-15(9-13-3-6-19-7-4-13)14-5-8-20(17,18)11-14/h12-16H,3-11H2,1-2H3. The van der Waals surface area contributed by atoms with Crippen molar-refractivity contribution in [1.82, 2.24) is 5.32 Å². The zero-order valence-electron chi connectivity index (χ0n) is 12.8. The summed E-state index contributed by atoms with van der Waals surface area (Å²) in [5, 5.41) is 3.51. The molecule has 0 aromatic carbocycles. The average molecular weight is 303 g/mol. The first kappa shape index (κ1) is 16.2. The molecule has 2 atom stereocenters. The fourth-order valence-electron chi connectivity index (χ4n) is 3.44. The highest BCUT2D eigenvalue weighted by Crippen LogP contribution is 2.33. The van der Waals surface area contributed by atoms with Crippen molar-refractivity contribution in [3.05, 3.63) is 0 Å². The Morgan fingerprint density at radius 1 is 1.20 bits per heavy atom. The zero-order chi connectivity index (χ0) is 14.6. The monoisotopic (exact) mass is 303 g/mol. The van der Waals surface area contributed by atoms with Crippen molar-refractivity contribution in [3.8, 4) is 0 Å². The third-order valence-corrected chi connectivity index (χ3v) is 6.49. The lowest BCUT2D eigenvalue weighted by atomic mass is 9.81. The molecule has 2 aliphatic rings. The van der Waals surface area contributed by atoms with Crippen LogP contribution in [0.3, 0.4) is 0 Å². The molecule has 20 heavy (non-hydrogen) atoms. The van der Waals surface area contributed by atoms with Crippen LogP contribution in [0.2, 0.25) is 0 Å². The van der Waals surface area contributed by atoms with Crippen LogP contribution < -0.4 is 5.32 Å². The van der Waals surface area contributed by atoms with Crippen molar-refractivity contribution in [2.24, 2.45) is 17.8 Å². The maximum atomic E-state index is 11.7. The van der Waals surface area contributed by atoms with Gasteiger partial charge in [-0.1, -0.05) is 13.8 Å². The van der Waals surface area contributed by atoms with Crippen LogP contribution in [0.25, 0.3) is 0 Å². The lowest BCUT2D eigenvalue weighted by Gasteiger charge is -2.30. The summed E-state index contributed by atoms with van der Waals surface area (Å²) < 4.78 is 28.9. The predicted molar refractivity (Wildman–Crippen MR) is 81.5 cm³/mol. The molecular formula is C15H29NO3S. The second-order valence-corrected chi connectivity index (χ2v) is 9.01. The van der Waals surface area contributed by atoms with Crippen LogP contribution >= 0.6 is 0 Å². The first-order valence-electron chi connectivity index (χ1n) is 7.98. The largest absolute Gasteiger partial charge is 0.381 e. The molecule has 2 saturated heterocycles. The molecule has 0 radical (unpaired) electrons. The Labute approximate surface area is 123 Å². The zero-order valence-corrected chi connectivity index (χ0v) is 13.6. The van der Waals surface area contributed by atoms with Gasteiger partial charge in [-0.3, -0.25) is 0 Å². The van der Waals surface area contributed by atoms with Gasteiger partial charge in [-0.15, -0.1) is 0 Å². The second-order valence-electron chi connectivity index (χ2n) is 6.78. The third-order valence-electron chi connectivity index (χ3n) is 4.70. The van der Waals surface area contributed by atoms with Gasteiger partial charge in [0, 0.05) is 19.3 Å². The molecule has 0 saturated carbocycles. The van der Waals surface area contributed by atoms with E-state index in [0.717, 1.165) is 45.4 Å². The van der Waals surface area contributed by atoms with E-state index in [0.29, 0.717) is 35.3 Å². The van der Waals surface area contributed by atoms with E-state index in [1.807, 2.05) is 0 Å².